The summed E-state index contributed by atoms with van der Waals surface area (Å²) >= 11 is 2.87. The number of hydrogen-bond acceptors (Lipinski definition) is 3. The molecule has 5 heteroatoms. The van der Waals surface area contributed by atoms with Crippen LogP contribution in [-0.4, -0.2) is 10.1 Å². The summed E-state index contributed by atoms with van der Waals surface area (Å²) in [5.74, 6) is -0.572. The fourth-order valence-corrected chi connectivity index (χ4v) is 1.58. The zero-order valence-corrected chi connectivity index (χ0v) is 9.04. The van der Waals surface area contributed by atoms with E-state index in [0.717, 1.165) is 0 Å². The van der Waals surface area contributed by atoms with E-state index in [0.29, 0.717) is 5.52 Å². The van der Waals surface area contributed by atoms with Crippen molar-refractivity contribution in [3.8, 4) is 5.75 Å². The molecule has 0 aliphatic carbocycles. The van der Waals surface area contributed by atoms with Gasteiger partial charge in [-0.1, -0.05) is 12.1 Å². The van der Waals surface area contributed by atoms with Gasteiger partial charge in [0.2, 0.25) is 5.43 Å². The van der Waals surface area contributed by atoms with Crippen molar-refractivity contribution in [3.63, 3.8) is 0 Å². The Morgan fingerprint density at radius 3 is 2.60 bits per heavy atom. The molecular weight excluding hydrogens is 262 g/mol. The molecule has 0 spiro atoms. The summed E-state index contributed by atoms with van der Waals surface area (Å²) in [7, 11) is 0. The molecule has 0 radical (unpaired) electrons. The van der Waals surface area contributed by atoms with Gasteiger partial charge in [0, 0.05) is 5.39 Å². The summed E-state index contributed by atoms with van der Waals surface area (Å²) in [6, 6.07) is 6.50. The minimum atomic E-state index is -0.573. The Labute approximate surface area is 92.3 Å². The third-order valence-electron chi connectivity index (χ3n) is 2.04. The van der Waals surface area contributed by atoms with Gasteiger partial charge in [0.15, 0.2) is 5.75 Å². The fourth-order valence-electron chi connectivity index (χ4n) is 1.30. The summed E-state index contributed by atoms with van der Waals surface area (Å²) in [6.45, 7) is 0. The highest BCUT2D eigenvalue weighted by molar-refractivity contribution is 9.10. The van der Waals surface area contributed by atoms with E-state index in [2.05, 4.69) is 20.9 Å². The Morgan fingerprint density at radius 1 is 1.20 bits per heavy atom. The first-order valence-electron chi connectivity index (χ1n) is 4.15. The van der Waals surface area contributed by atoms with E-state index in [1.165, 1.54) is 0 Å². The maximum absolute atomic E-state index is 11.7. The Morgan fingerprint density at radius 2 is 1.87 bits per heavy atom. The molecule has 76 valence electrons. The summed E-state index contributed by atoms with van der Waals surface area (Å²) in [5.41, 5.74) is -0.713. The number of benzene rings is 1. The van der Waals surface area contributed by atoms with Crippen molar-refractivity contribution in [1.29, 1.82) is 0 Å². The van der Waals surface area contributed by atoms with Crippen LogP contribution in [0.15, 0.2) is 38.3 Å². The first kappa shape index (κ1) is 9.92. The van der Waals surface area contributed by atoms with Gasteiger partial charge in [-0.05, 0) is 28.1 Å². The standard InChI is InChI=1S/C10H6BrNO3/c11-7-9(14)8(13)5-3-1-2-4-6(5)12-10(7)15/h1-4H,(H,12,15)(H,13,14). The minimum absolute atomic E-state index is 0.149. The molecule has 0 saturated carbocycles. The van der Waals surface area contributed by atoms with Crippen LogP contribution < -0.4 is 11.0 Å². The molecule has 2 aromatic rings. The molecule has 2 rings (SSSR count). The Kier molecular flexibility index (Phi) is 2.32. The average molecular weight is 268 g/mol. The van der Waals surface area contributed by atoms with Crippen molar-refractivity contribution in [3.05, 3.63) is 49.3 Å². The summed E-state index contributed by atoms with van der Waals surface area (Å²) in [6.07, 6.45) is 0. The molecule has 0 bridgehead atoms. The van der Waals surface area contributed by atoms with Gasteiger partial charge in [-0.3, -0.25) is 9.59 Å². The first-order chi connectivity index (χ1) is 7.11. The van der Waals surface area contributed by atoms with Crippen molar-refractivity contribution < 1.29 is 5.11 Å². The highest BCUT2D eigenvalue weighted by Gasteiger charge is 2.08. The normalized spacial score (nSPS) is 10.5. The van der Waals surface area contributed by atoms with Crippen molar-refractivity contribution in [2.24, 2.45) is 0 Å². The van der Waals surface area contributed by atoms with Crippen molar-refractivity contribution in [2.75, 3.05) is 0 Å². The molecule has 0 aliphatic heterocycles. The van der Waals surface area contributed by atoms with E-state index in [1.54, 1.807) is 24.3 Å². The smallest absolute Gasteiger partial charge is 0.266 e. The van der Waals surface area contributed by atoms with Crippen LogP contribution in [0, 0.1) is 0 Å². The monoisotopic (exact) mass is 267 g/mol. The van der Waals surface area contributed by atoms with Crippen LogP contribution in [0.4, 0.5) is 0 Å². The van der Waals surface area contributed by atoms with E-state index in [1.807, 2.05) is 0 Å². The molecule has 0 unspecified atom stereocenters. The topological polar surface area (TPSA) is 70.2 Å². The number of aromatic hydroxyl groups is 1. The first-order valence-corrected chi connectivity index (χ1v) is 4.94. The number of para-hydroxylation sites is 1. The van der Waals surface area contributed by atoms with Gasteiger partial charge in [-0.25, -0.2) is 0 Å². The van der Waals surface area contributed by atoms with E-state index < -0.39 is 16.7 Å². The lowest BCUT2D eigenvalue weighted by atomic mass is 10.2. The largest absolute Gasteiger partial charge is 0.503 e. The summed E-state index contributed by atoms with van der Waals surface area (Å²) in [5, 5.41) is 9.74. The fraction of sp³-hybridized carbons (Fsp3) is 0. The quantitative estimate of drug-likeness (QED) is 0.757. The van der Waals surface area contributed by atoms with E-state index in [4.69, 9.17) is 0 Å². The van der Waals surface area contributed by atoms with Crippen molar-refractivity contribution in [1.82, 2.24) is 4.98 Å². The van der Waals surface area contributed by atoms with E-state index in [-0.39, 0.29) is 9.86 Å². The molecule has 1 heterocycles. The van der Waals surface area contributed by atoms with Crippen LogP contribution in [0.2, 0.25) is 0 Å². The third-order valence-corrected chi connectivity index (χ3v) is 2.78. The lowest BCUT2D eigenvalue weighted by Crippen LogP contribution is -2.03. The summed E-state index contributed by atoms with van der Waals surface area (Å²) < 4.78 is -0.149. The van der Waals surface area contributed by atoms with Crippen LogP contribution >= 0.6 is 15.9 Å². The van der Waals surface area contributed by atoms with Gasteiger partial charge in [0.25, 0.3) is 5.56 Å². The average Bonchev–Trinajstić information content (AvgIpc) is 2.32. The molecule has 1 aromatic carbocycles. The second kappa shape index (κ2) is 3.51. The molecule has 0 atom stereocenters. The maximum atomic E-state index is 11.7. The molecule has 4 nitrogen and oxygen atoms in total. The Bertz CT molecular complexity index is 648. The molecule has 2 N–H and O–H groups in total. The van der Waals surface area contributed by atoms with Crippen LogP contribution in [0.5, 0.6) is 5.75 Å². The number of aromatic amines is 1. The summed E-state index contributed by atoms with van der Waals surface area (Å²) in [4.78, 5) is 25.6. The Hall–Kier alpha value is -1.62. The van der Waals surface area contributed by atoms with Crippen LogP contribution in [-0.2, 0) is 0 Å². The third kappa shape index (κ3) is 1.55. The van der Waals surface area contributed by atoms with Gasteiger partial charge < -0.3 is 10.1 Å². The highest BCUT2D eigenvalue weighted by atomic mass is 79.9. The van der Waals surface area contributed by atoms with Crippen molar-refractivity contribution in [2.45, 2.75) is 0 Å². The number of nitrogens with one attached hydrogen (secondary N) is 1. The minimum Gasteiger partial charge on any atom is -0.503 e. The molecule has 0 saturated heterocycles. The lowest BCUT2D eigenvalue weighted by Gasteiger charge is -1.88. The SMILES string of the molecule is O=c1[nH]c2ccccc2c(=O)c(O)c1Br. The predicted octanol–water partition coefficient (Wildman–Crippen LogP) is 1.36. The molecule has 1 aromatic heterocycles. The van der Waals surface area contributed by atoms with E-state index in [9.17, 15) is 14.7 Å². The molecule has 0 amide bonds. The second-order valence-corrected chi connectivity index (χ2v) is 3.78. The molecule has 0 fully saturated rings. The lowest BCUT2D eigenvalue weighted by molar-refractivity contribution is 0.467. The Balaban J connectivity index is 3.20. The predicted molar refractivity (Wildman–Crippen MR) is 60.2 cm³/mol. The van der Waals surface area contributed by atoms with Gasteiger partial charge in [0.1, 0.15) is 4.47 Å². The number of hydrogen-bond donors (Lipinski definition) is 2. The zero-order valence-electron chi connectivity index (χ0n) is 7.45. The number of fused-ring (bicyclic) bond motifs is 1. The van der Waals surface area contributed by atoms with Gasteiger partial charge in [-0.15, -0.1) is 0 Å². The molecule has 0 aliphatic rings. The second-order valence-electron chi connectivity index (χ2n) is 2.99. The van der Waals surface area contributed by atoms with Gasteiger partial charge in [-0.2, -0.15) is 0 Å². The number of halogens is 1. The molecular formula is C10H6BrNO3. The van der Waals surface area contributed by atoms with Crippen molar-refractivity contribution >= 4 is 26.8 Å². The maximum Gasteiger partial charge on any atom is 0.266 e. The zero-order chi connectivity index (χ0) is 11.0. The number of aromatic nitrogens is 1. The van der Waals surface area contributed by atoms with Gasteiger partial charge >= 0.3 is 0 Å². The van der Waals surface area contributed by atoms with Crippen LogP contribution in [0.25, 0.3) is 10.9 Å². The van der Waals surface area contributed by atoms with Gasteiger partial charge in [0.05, 0.1) is 5.52 Å². The van der Waals surface area contributed by atoms with Crippen LogP contribution in [0.3, 0.4) is 0 Å². The van der Waals surface area contributed by atoms with E-state index >= 15 is 0 Å². The highest BCUT2D eigenvalue weighted by Crippen LogP contribution is 2.15. The number of rotatable bonds is 0. The molecule has 15 heavy (non-hydrogen) atoms. The number of H-pyrrole nitrogens is 1. The van der Waals surface area contributed by atoms with Crippen LogP contribution in [0.1, 0.15) is 0 Å².